The van der Waals surface area contributed by atoms with Gasteiger partial charge >= 0.3 is 0 Å². The first-order valence-electron chi connectivity index (χ1n) is 8.06. The van der Waals surface area contributed by atoms with Crippen LogP contribution >= 0.6 is 0 Å². The number of benzene rings is 2. The fourth-order valence-corrected chi connectivity index (χ4v) is 2.93. The standard InChI is InChI=1S/C21H21NO/c1-2-22-20(15-19-10-6-7-11-21(19)22)14-18(16-23)13-12-17-8-4-3-5-9-17/h3-11,15,18,23H,2,14,16H2,1H3. The third-order valence-corrected chi connectivity index (χ3v) is 4.08. The van der Waals surface area contributed by atoms with Gasteiger partial charge in [0.25, 0.3) is 0 Å². The van der Waals surface area contributed by atoms with Gasteiger partial charge in [-0.05, 0) is 36.6 Å². The number of nitrogens with zero attached hydrogens (tertiary/aromatic N) is 1. The molecule has 2 aromatic carbocycles. The van der Waals surface area contributed by atoms with Gasteiger partial charge < -0.3 is 9.67 Å². The Balaban J connectivity index is 1.86. The van der Waals surface area contributed by atoms with Gasteiger partial charge in [-0.15, -0.1) is 0 Å². The molecule has 0 saturated heterocycles. The van der Waals surface area contributed by atoms with Crippen LogP contribution in [-0.4, -0.2) is 16.3 Å². The lowest BCUT2D eigenvalue weighted by Crippen LogP contribution is -2.11. The first-order chi connectivity index (χ1) is 11.3. The van der Waals surface area contributed by atoms with Crippen LogP contribution in [0.5, 0.6) is 0 Å². The fraction of sp³-hybridized carbons (Fsp3) is 0.238. The first-order valence-corrected chi connectivity index (χ1v) is 8.06. The Morgan fingerprint density at radius 3 is 2.52 bits per heavy atom. The number of aromatic nitrogens is 1. The van der Waals surface area contributed by atoms with E-state index < -0.39 is 0 Å². The molecule has 2 heteroatoms. The molecule has 0 aliphatic rings. The van der Waals surface area contributed by atoms with Gasteiger partial charge in [0, 0.05) is 35.7 Å². The predicted octanol–water partition coefficient (Wildman–Crippen LogP) is 3.86. The van der Waals surface area contributed by atoms with Crippen LogP contribution in [0, 0.1) is 17.8 Å². The number of hydrogen-bond donors (Lipinski definition) is 1. The summed E-state index contributed by atoms with van der Waals surface area (Å²) < 4.78 is 2.31. The van der Waals surface area contributed by atoms with Crippen molar-refractivity contribution in [3.05, 3.63) is 71.9 Å². The van der Waals surface area contributed by atoms with Crippen LogP contribution in [0.1, 0.15) is 18.2 Å². The molecule has 23 heavy (non-hydrogen) atoms. The second-order valence-corrected chi connectivity index (χ2v) is 5.66. The Labute approximate surface area is 137 Å². The Kier molecular flexibility index (Phi) is 4.80. The van der Waals surface area contributed by atoms with Gasteiger partial charge in [0.1, 0.15) is 0 Å². The number of aliphatic hydroxyl groups is 1. The maximum atomic E-state index is 9.69. The minimum atomic E-state index is -0.0511. The summed E-state index contributed by atoms with van der Waals surface area (Å²) in [6, 6.07) is 20.5. The zero-order valence-electron chi connectivity index (χ0n) is 13.4. The number of aryl methyl sites for hydroxylation is 1. The van der Waals surface area contributed by atoms with Gasteiger partial charge in [-0.1, -0.05) is 48.2 Å². The van der Waals surface area contributed by atoms with Crippen LogP contribution in [0.2, 0.25) is 0 Å². The maximum absolute atomic E-state index is 9.69. The molecule has 1 unspecified atom stereocenters. The van der Waals surface area contributed by atoms with Gasteiger partial charge in [0.05, 0.1) is 6.61 Å². The van der Waals surface area contributed by atoms with Crippen molar-refractivity contribution in [2.45, 2.75) is 19.9 Å². The molecule has 0 radical (unpaired) electrons. The van der Waals surface area contributed by atoms with E-state index in [1.54, 1.807) is 0 Å². The average molecular weight is 303 g/mol. The van der Waals surface area contributed by atoms with E-state index in [4.69, 9.17) is 0 Å². The highest BCUT2D eigenvalue weighted by molar-refractivity contribution is 5.81. The Morgan fingerprint density at radius 2 is 1.78 bits per heavy atom. The van der Waals surface area contributed by atoms with E-state index in [0.717, 1.165) is 18.5 Å². The lowest BCUT2D eigenvalue weighted by atomic mass is 10.0. The van der Waals surface area contributed by atoms with Crippen molar-refractivity contribution in [3.63, 3.8) is 0 Å². The Morgan fingerprint density at radius 1 is 1.04 bits per heavy atom. The topological polar surface area (TPSA) is 25.2 Å². The zero-order valence-corrected chi connectivity index (χ0v) is 13.4. The minimum Gasteiger partial charge on any atom is -0.395 e. The summed E-state index contributed by atoms with van der Waals surface area (Å²) in [7, 11) is 0. The monoisotopic (exact) mass is 303 g/mol. The SMILES string of the molecule is CCn1c(CC(C#Cc2ccccc2)CO)cc2ccccc21. The molecule has 0 spiro atoms. The number of para-hydroxylation sites is 1. The maximum Gasteiger partial charge on any atom is 0.0572 e. The third-order valence-electron chi connectivity index (χ3n) is 4.08. The molecule has 0 aliphatic carbocycles. The van der Waals surface area contributed by atoms with E-state index in [1.165, 1.54) is 16.6 Å². The molecular formula is C21H21NO. The van der Waals surface area contributed by atoms with Crippen molar-refractivity contribution in [1.82, 2.24) is 4.57 Å². The first kappa shape index (κ1) is 15.4. The number of fused-ring (bicyclic) bond motifs is 1. The summed E-state index contributed by atoms with van der Waals surface area (Å²) >= 11 is 0. The van der Waals surface area contributed by atoms with Gasteiger partial charge in [-0.25, -0.2) is 0 Å². The molecule has 1 N–H and O–H groups in total. The molecule has 116 valence electrons. The van der Waals surface area contributed by atoms with Crippen molar-refractivity contribution in [2.24, 2.45) is 5.92 Å². The van der Waals surface area contributed by atoms with E-state index in [1.807, 2.05) is 30.3 Å². The lowest BCUT2D eigenvalue weighted by molar-refractivity contribution is 0.255. The molecule has 0 amide bonds. The van der Waals surface area contributed by atoms with Crippen LogP contribution in [0.25, 0.3) is 10.9 Å². The zero-order chi connectivity index (χ0) is 16.1. The van der Waals surface area contributed by atoms with E-state index >= 15 is 0 Å². The molecule has 0 bridgehead atoms. The van der Waals surface area contributed by atoms with E-state index in [2.05, 4.69) is 53.7 Å². The van der Waals surface area contributed by atoms with E-state index in [-0.39, 0.29) is 12.5 Å². The van der Waals surface area contributed by atoms with Crippen LogP contribution in [0.3, 0.4) is 0 Å². The van der Waals surface area contributed by atoms with Crippen molar-refractivity contribution < 1.29 is 5.11 Å². The molecule has 1 atom stereocenters. The summed E-state index contributed by atoms with van der Waals surface area (Å²) in [5, 5.41) is 10.9. The molecule has 0 saturated carbocycles. The second-order valence-electron chi connectivity index (χ2n) is 5.66. The summed E-state index contributed by atoms with van der Waals surface area (Å²) in [5.41, 5.74) is 3.47. The Hall–Kier alpha value is -2.50. The lowest BCUT2D eigenvalue weighted by Gasteiger charge is -2.11. The van der Waals surface area contributed by atoms with Crippen LogP contribution in [0.15, 0.2) is 60.7 Å². The largest absolute Gasteiger partial charge is 0.395 e. The summed E-state index contributed by atoms with van der Waals surface area (Å²) in [4.78, 5) is 0. The predicted molar refractivity (Wildman–Crippen MR) is 95.2 cm³/mol. The quantitative estimate of drug-likeness (QED) is 0.727. The average Bonchev–Trinajstić information content (AvgIpc) is 2.96. The Bertz CT molecular complexity index is 836. The third kappa shape index (κ3) is 3.47. The van der Waals surface area contributed by atoms with Crippen LogP contribution < -0.4 is 0 Å². The molecule has 0 fully saturated rings. The second kappa shape index (κ2) is 7.17. The van der Waals surface area contributed by atoms with Gasteiger partial charge in [-0.3, -0.25) is 0 Å². The number of hydrogen-bond acceptors (Lipinski definition) is 1. The highest BCUT2D eigenvalue weighted by Crippen LogP contribution is 2.22. The van der Waals surface area contributed by atoms with Crippen molar-refractivity contribution in [2.75, 3.05) is 6.61 Å². The number of rotatable bonds is 4. The van der Waals surface area contributed by atoms with Crippen molar-refractivity contribution in [1.29, 1.82) is 0 Å². The summed E-state index contributed by atoms with van der Waals surface area (Å²) in [6.07, 6.45) is 0.763. The fourth-order valence-electron chi connectivity index (χ4n) is 2.93. The normalized spacial score (nSPS) is 11.9. The van der Waals surface area contributed by atoms with Crippen molar-refractivity contribution >= 4 is 10.9 Å². The molecule has 1 heterocycles. The van der Waals surface area contributed by atoms with Crippen molar-refractivity contribution in [3.8, 4) is 11.8 Å². The molecule has 2 nitrogen and oxygen atoms in total. The molecule has 0 aliphatic heterocycles. The molecule has 3 rings (SSSR count). The van der Waals surface area contributed by atoms with Gasteiger partial charge in [-0.2, -0.15) is 0 Å². The van der Waals surface area contributed by atoms with Crippen LogP contribution in [-0.2, 0) is 13.0 Å². The van der Waals surface area contributed by atoms with Gasteiger partial charge in [0.15, 0.2) is 0 Å². The molecule has 3 aromatic rings. The van der Waals surface area contributed by atoms with E-state index in [0.29, 0.717) is 0 Å². The number of aliphatic hydroxyl groups excluding tert-OH is 1. The summed E-state index contributed by atoms with van der Waals surface area (Å²) in [6.45, 7) is 3.15. The molecular weight excluding hydrogens is 282 g/mol. The highest BCUT2D eigenvalue weighted by atomic mass is 16.3. The van der Waals surface area contributed by atoms with E-state index in [9.17, 15) is 5.11 Å². The minimum absolute atomic E-state index is 0.0511. The summed E-state index contributed by atoms with van der Waals surface area (Å²) in [5.74, 6) is 6.33. The van der Waals surface area contributed by atoms with Gasteiger partial charge in [0.2, 0.25) is 0 Å². The van der Waals surface area contributed by atoms with Crippen LogP contribution in [0.4, 0.5) is 0 Å². The smallest absolute Gasteiger partial charge is 0.0572 e. The molecule has 1 aromatic heterocycles. The highest BCUT2D eigenvalue weighted by Gasteiger charge is 2.12.